The number of rotatable bonds is 1. The van der Waals surface area contributed by atoms with Gasteiger partial charge in [0.25, 0.3) is 0 Å². The Morgan fingerprint density at radius 2 is 1.45 bits per heavy atom. The number of hydrogen-bond donors (Lipinski definition) is 0. The lowest BCUT2D eigenvalue weighted by atomic mass is 10.5. The van der Waals surface area contributed by atoms with Crippen LogP contribution in [0.1, 0.15) is 0 Å². The van der Waals surface area contributed by atoms with Crippen LogP contribution in [-0.4, -0.2) is 0 Å². The molecule has 1 aromatic rings. The normalized spacial score (nSPS) is 6.18. The van der Waals surface area contributed by atoms with Crippen molar-refractivity contribution in [2.75, 3.05) is 0 Å². The highest BCUT2D eigenvalue weighted by Gasteiger charge is 1.83. The fraction of sp³-hybridized carbons (Fsp3) is 0. The highest BCUT2D eigenvalue weighted by Crippen LogP contribution is 1.74. The number of pyridine rings is 1. The molecule has 1 aromatic heterocycles. The molecule has 1 nitrogen and oxygen atoms in total. The fourth-order valence-electron chi connectivity index (χ4n) is 0.534. The van der Waals surface area contributed by atoms with E-state index in [2.05, 4.69) is 6.58 Å². The van der Waals surface area contributed by atoms with E-state index >= 15 is 0 Å². The van der Waals surface area contributed by atoms with Gasteiger partial charge in [0.2, 0.25) is 0 Å². The van der Waals surface area contributed by atoms with Crippen molar-refractivity contribution in [3.05, 3.63) is 37.2 Å². The van der Waals surface area contributed by atoms with E-state index < -0.39 is 0 Å². The molecule has 0 bridgehead atoms. The van der Waals surface area contributed by atoms with Crippen LogP contribution in [0.5, 0.6) is 0 Å². The molecule has 4 heteroatoms. The molecule has 0 N–H and O–H groups in total. The van der Waals surface area contributed by atoms with Gasteiger partial charge in [-0.25, -0.2) is 0 Å². The van der Waals surface area contributed by atoms with E-state index in [1.165, 1.54) is 0 Å². The van der Waals surface area contributed by atoms with E-state index in [0.29, 0.717) is 0 Å². The van der Waals surface area contributed by atoms with Crippen molar-refractivity contribution in [3.63, 3.8) is 0 Å². The first-order valence-corrected chi connectivity index (χ1v) is 2.52. The molecule has 1 heterocycles. The van der Waals surface area contributed by atoms with Crippen LogP contribution >= 0.6 is 34.0 Å². The van der Waals surface area contributed by atoms with E-state index in [9.17, 15) is 0 Å². The summed E-state index contributed by atoms with van der Waals surface area (Å²) in [5.41, 5.74) is 0. The van der Waals surface area contributed by atoms with Gasteiger partial charge in [-0.1, -0.05) is 6.07 Å². The zero-order chi connectivity index (χ0) is 5.82. The highest BCUT2D eigenvalue weighted by molar-refractivity contribution is 8.93. The zero-order valence-corrected chi connectivity index (χ0v) is 10.8. The van der Waals surface area contributed by atoms with E-state index in [1.54, 1.807) is 6.20 Å². The largest absolute Gasteiger partial charge is 1.00 e. The van der Waals surface area contributed by atoms with Crippen LogP contribution in [0.3, 0.4) is 0 Å². The summed E-state index contributed by atoms with van der Waals surface area (Å²) >= 11 is 0. The van der Waals surface area contributed by atoms with Crippen molar-refractivity contribution >= 4 is 40.2 Å². The second-order valence-electron chi connectivity index (χ2n) is 1.51. The summed E-state index contributed by atoms with van der Waals surface area (Å²) < 4.78 is 1.89. The third-order valence-electron chi connectivity index (χ3n) is 0.949. The maximum atomic E-state index is 3.59. The molecule has 1 rings (SSSR count). The number of nitrogens with zero attached hydrogens (tertiary/aromatic N) is 1. The minimum atomic E-state index is 0. The molecule has 0 saturated heterocycles. The Kier molecular flexibility index (Phi) is 16.4. The van der Waals surface area contributed by atoms with E-state index in [0.717, 1.165) is 0 Å². The van der Waals surface area contributed by atoms with Gasteiger partial charge in [-0.05, 0) is 6.58 Å². The predicted molar refractivity (Wildman–Crippen MR) is 53.7 cm³/mol. The molecule has 64 valence electrons. The molecule has 0 saturated carbocycles. The van der Waals surface area contributed by atoms with Gasteiger partial charge in [-0.3, -0.25) is 0 Å². The molecule has 0 atom stereocenters. The highest BCUT2D eigenvalue weighted by atomic mass is 79.9. The molecule has 0 radical (unpaired) electrons. The molecule has 0 amide bonds. The standard InChI is InChI=1S/C7H8N.3BrH/c1-2-8-6-4-3-5-7-8;;;/h2-7H,1H2;3*1H/q+1;;;/p-1. The number of aromatic nitrogens is 1. The molecule has 0 aliphatic carbocycles. The van der Waals surface area contributed by atoms with E-state index in [1.807, 2.05) is 35.2 Å². The minimum Gasteiger partial charge on any atom is -1.00 e. The minimum absolute atomic E-state index is 0. The van der Waals surface area contributed by atoms with Crippen LogP contribution < -0.4 is 21.5 Å². The van der Waals surface area contributed by atoms with Gasteiger partial charge >= 0.3 is 0 Å². The summed E-state index contributed by atoms with van der Waals surface area (Å²) in [4.78, 5) is 0. The topological polar surface area (TPSA) is 3.88 Å². The summed E-state index contributed by atoms with van der Waals surface area (Å²) in [5.74, 6) is 0. The Morgan fingerprint density at radius 1 is 1.00 bits per heavy atom. The lowest BCUT2D eigenvalue weighted by molar-refractivity contribution is -0.567. The van der Waals surface area contributed by atoms with Crippen molar-refractivity contribution in [1.29, 1.82) is 0 Å². The molecule has 11 heavy (non-hydrogen) atoms. The fourth-order valence-corrected chi connectivity index (χ4v) is 0.534. The summed E-state index contributed by atoms with van der Waals surface area (Å²) in [5, 5.41) is 0. The van der Waals surface area contributed by atoms with Crippen LogP contribution in [0, 0.1) is 0 Å². The van der Waals surface area contributed by atoms with Crippen molar-refractivity contribution in [2.45, 2.75) is 0 Å². The quantitative estimate of drug-likeness (QED) is 0.588. The zero-order valence-electron chi connectivity index (χ0n) is 5.81. The van der Waals surface area contributed by atoms with Gasteiger partial charge in [-0.15, -0.1) is 34.0 Å². The van der Waals surface area contributed by atoms with Crippen LogP contribution in [0.15, 0.2) is 37.2 Å². The first-order valence-electron chi connectivity index (χ1n) is 2.52. The molecule has 0 unspecified atom stereocenters. The maximum Gasteiger partial charge on any atom is 0.174 e. The first-order chi connectivity index (χ1) is 3.93. The van der Waals surface area contributed by atoms with Crippen LogP contribution in [0.2, 0.25) is 0 Å². The van der Waals surface area contributed by atoms with Crippen LogP contribution in [0.25, 0.3) is 6.20 Å². The first kappa shape index (κ1) is 17.4. The van der Waals surface area contributed by atoms with Gasteiger partial charge in [0.15, 0.2) is 18.6 Å². The third-order valence-corrected chi connectivity index (χ3v) is 0.949. The SMILES string of the molecule is Br.Br.C=C[n+]1ccccc1.[Br-]. The second kappa shape index (κ2) is 10.3. The molecule has 0 aromatic carbocycles. The van der Waals surface area contributed by atoms with Gasteiger partial charge in [0.1, 0.15) is 0 Å². The average Bonchev–Trinajstić information content (AvgIpc) is 1.90. The smallest absolute Gasteiger partial charge is 0.174 e. The molecular formula is C7H10Br3N. The van der Waals surface area contributed by atoms with Gasteiger partial charge in [-0.2, -0.15) is 4.57 Å². The van der Waals surface area contributed by atoms with Gasteiger partial charge < -0.3 is 17.0 Å². The average molecular weight is 348 g/mol. The number of halogens is 3. The molecular weight excluding hydrogens is 338 g/mol. The molecule has 0 aliphatic rings. The van der Waals surface area contributed by atoms with Crippen molar-refractivity contribution < 1.29 is 21.5 Å². The Hall–Kier alpha value is 0.330. The third kappa shape index (κ3) is 6.72. The molecule has 0 spiro atoms. The maximum absolute atomic E-state index is 3.59. The Bertz CT molecular complexity index is 176. The Morgan fingerprint density at radius 3 is 1.73 bits per heavy atom. The van der Waals surface area contributed by atoms with Crippen LogP contribution in [0.4, 0.5) is 0 Å². The summed E-state index contributed by atoms with van der Waals surface area (Å²) in [6, 6.07) is 5.89. The lowest BCUT2D eigenvalue weighted by Gasteiger charge is -1.79. The van der Waals surface area contributed by atoms with Gasteiger partial charge in [0.05, 0.1) is 0 Å². The predicted octanol–water partition coefficient (Wildman–Crippen LogP) is -0.766. The Labute approximate surface area is 98.4 Å². The molecule has 0 aliphatic heterocycles. The second-order valence-corrected chi connectivity index (χ2v) is 1.51. The summed E-state index contributed by atoms with van der Waals surface area (Å²) in [7, 11) is 0. The Balaban J connectivity index is -0.000000213. The summed E-state index contributed by atoms with van der Waals surface area (Å²) in [6.07, 6.45) is 5.62. The molecule has 0 fully saturated rings. The monoisotopic (exact) mass is 345 g/mol. The summed E-state index contributed by atoms with van der Waals surface area (Å²) in [6.45, 7) is 3.59. The van der Waals surface area contributed by atoms with Crippen molar-refractivity contribution in [1.82, 2.24) is 0 Å². The van der Waals surface area contributed by atoms with Crippen molar-refractivity contribution in [3.8, 4) is 0 Å². The lowest BCUT2D eigenvalue weighted by Crippen LogP contribution is -3.00. The van der Waals surface area contributed by atoms with Gasteiger partial charge in [0, 0.05) is 12.1 Å². The van der Waals surface area contributed by atoms with E-state index in [4.69, 9.17) is 0 Å². The van der Waals surface area contributed by atoms with Crippen LogP contribution in [-0.2, 0) is 0 Å². The van der Waals surface area contributed by atoms with E-state index in [-0.39, 0.29) is 50.9 Å². The van der Waals surface area contributed by atoms with Crippen molar-refractivity contribution in [2.24, 2.45) is 0 Å². The number of hydrogen-bond acceptors (Lipinski definition) is 0.